The molecule has 0 saturated carbocycles. The summed E-state index contributed by atoms with van der Waals surface area (Å²) in [4.78, 5) is 15.1. The molecule has 0 amide bonds. The van der Waals surface area contributed by atoms with Crippen molar-refractivity contribution in [3.05, 3.63) is 180 Å². The van der Waals surface area contributed by atoms with Crippen LogP contribution in [0.1, 0.15) is 22.3 Å². The van der Waals surface area contributed by atoms with Gasteiger partial charge in [-0.1, -0.05) is 127 Å². The second-order valence-electron chi connectivity index (χ2n) is 14.2. The highest BCUT2D eigenvalue weighted by atomic mass is 19.4. The van der Waals surface area contributed by atoms with E-state index in [1.807, 2.05) is 91.0 Å². The molecule has 0 aliphatic rings. The van der Waals surface area contributed by atoms with E-state index in [-0.39, 0.29) is 0 Å². The van der Waals surface area contributed by atoms with Crippen LogP contribution in [0.5, 0.6) is 0 Å². The summed E-state index contributed by atoms with van der Waals surface area (Å²) in [7, 11) is 0. The minimum Gasteiger partial charge on any atom is -0.308 e. The predicted octanol–water partition coefficient (Wildman–Crippen LogP) is 13.2. The number of aromatic nitrogens is 4. The van der Waals surface area contributed by atoms with Crippen LogP contribution in [0.15, 0.2) is 158 Å². The standard InChI is InChI=1S/C49H35F3N4/c1-30-25-31(2)45(32(3)26-30)37-22-23-40-39-19-10-11-20-42(39)56(43(40)29-37)44-28-36(35-17-12-18-38(27-35)49(50,51)52)21-24-41(44)48-54-46(33-13-6-4-7-14-33)53-47(55-48)34-15-8-5-9-16-34/h4-29H,1-3H3. The third-order valence-electron chi connectivity index (χ3n) is 10.3. The van der Waals surface area contributed by atoms with Gasteiger partial charge < -0.3 is 4.57 Å². The van der Waals surface area contributed by atoms with Crippen molar-refractivity contribution in [1.29, 1.82) is 0 Å². The Labute approximate surface area is 322 Å². The molecule has 0 aliphatic carbocycles. The Morgan fingerprint density at radius 3 is 1.66 bits per heavy atom. The van der Waals surface area contributed by atoms with Crippen LogP contribution < -0.4 is 0 Å². The topological polar surface area (TPSA) is 43.6 Å². The predicted molar refractivity (Wildman–Crippen MR) is 221 cm³/mol. The summed E-state index contributed by atoms with van der Waals surface area (Å²) in [6.07, 6.45) is -4.49. The van der Waals surface area contributed by atoms with Crippen LogP contribution in [-0.2, 0) is 6.18 Å². The van der Waals surface area contributed by atoms with E-state index < -0.39 is 11.7 Å². The Morgan fingerprint density at radius 2 is 1.00 bits per heavy atom. The van der Waals surface area contributed by atoms with Crippen molar-refractivity contribution in [2.75, 3.05) is 0 Å². The number of rotatable bonds is 6. The molecule has 4 nitrogen and oxygen atoms in total. The minimum atomic E-state index is -4.49. The van der Waals surface area contributed by atoms with E-state index in [2.05, 4.69) is 67.8 Å². The average molecular weight is 737 g/mol. The first-order valence-electron chi connectivity index (χ1n) is 18.4. The fraction of sp³-hybridized carbons (Fsp3) is 0.0816. The van der Waals surface area contributed by atoms with E-state index in [4.69, 9.17) is 15.0 Å². The van der Waals surface area contributed by atoms with Gasteiger partial charge in [-0.2, -0.15) is 13.2 Å². The lowest BCUT2D eigenvalue weighted by Gasteiger charge is -2.17. The average Bonchev–Trinajstić information content (AvgIpc) is 3.54. The summed E-state index contributed by atoms with van der Waals surface area (Å²) in [5.41, 5.74) is 11.2. The van der Waals surface area contributed by atoms with E-state index in [1.54, 1.807) is 6.07 Å². The van der Waals surface area contributed by atoms with Gasteiger partial charge in [-0.3, -0.25) is 0 Å². The van der Waals surface area contributed by atoms with E-state index in [0.717, 1.165) is 50.2 Å². The quantitative estimate of drug-likeness (QED) is 0.171. The van der Waals surface area contributed by atoms with Gasteiger partial charge in [0.05, 0.1) is 22.3 Å². The number of fused-ring (bicyclic) bond motifs is 3. The lowest BCUT2D eigenvalue weighted by atomic mass is 9.93. The number of aryl methyl sites for hydroxylation is 3. The van der Waals surface area contributed by atoms with Gasteiger partial charge in [-0.15, -0.1) is 0 Å². The normalized spacial score (nSPS) is 11.8. The molecule has 272 valence electrons. The van der Waals surface area contributed by atoms with Crippen molar-refractivity contribution in [1.82, 2.24) is 19.5 Å². The van der Waals surface area contributed by atoms with Crippen molar-refractivity contribution < 1.29 is 13.2 Å². The lowest BCUT2D eigenvalue weighted by Crippen LogP contribution is -2.05. The van der Waals surface area contributed by atoms with Gasteiger partial charge in [0.1, 0.15) is 0 Å². The van der Waals surface area contributed by atoms with Gasteiger partial charge in [0.25, 0.3) is 0 Å². The fourth-order valence-corrected chi connectivity index (χ4v) is 7.91. The van der Waals surface area contributed by atoms with Crippen LogP contribution >= 0.6 is 0 Å². The van der Waals surface area contributed by atoms with Gasteiger partial charge in [0, 0.05) is 27.5 Å². The molecule has 9 aromatic rings. The van der Waals surface area contributed by atoms with E-state index >= 15 is 0 Å². The highest BCUT2D eigenvalue weighted by Gasteiger charge is 2.30. The molecule has 2 heterocycles. The third kappa shape index (κ3) is 6.31. The van der Waals surface area contributed by atoms with E-state index in [0.29, 0.717) is 34.2 Å². The van der Waals surface area contributed by atoms with Crippen molar-refractivity contribution in [2.24, 2.45) is 0 Å². The number of benzene rings is 7. The smallest absolute Gasteiger partial charge is 0.308 e. The van der Waals surface area contributed by atoms with Gasteiger partial charge in [-0.05, 0) is 90.6 Å². The summed E-state index contributed by atoms with van der Waals surface area (Å²) >= 11 is 0. The second-order valence-corrected chi connectivity index (χ2v) is 14.2. The maximum absolute atomic E-state index is 14.0. The fourth-order valence-electron chi connectivity index (χ4n) is 7.91. The molecule has 0 N–H and O–H groups in total. The molecular formula is C49H35F3N4. The zero-order valence-electron chi connectivity index (χ0n) is 30.9. The SMILES string of the molecule is Cc1cc(C)c(-c2ccc3c4ccccc4n(-c4cc(-c5cccc(C(F)(F)F)c5)ccc4-c4nc(-c5ccccc5)nc(-c5ccccc5)n4)c3c2)c(C)c1. The summed E-state index contributed by atoms with van der Waals surface area (Å²) in [5.74, 6) is 1.46. The van der Waals surface area contributed by atoms with Crippen molar-refractivity contribution in [2.45, 2.75) is 26.9 Å². The third-order valence-corrected chi connectivity index (χ3v) is 10.3. The van der Waals surface area contributed by atoms with Crippen LogP contribution in [0.4, 0.5) is 13.2 Å². The Hall–Kier alpha value is -6.86. The first kappa shape index (κ1) is 34.9. The number of hydrogen-bond donors (Lipinski definition) is 0. The monoisotopic (exact) mass is 736 g/mol. The van der Waals surface area contributed by atoms with Gasteiger partial charge >= 0.3 is 6.18 Å². The van der Waals surface area contributed by atoms with E-state index in [1.165, 1.54) is 34.4 Å². The first-order chi connectivity index (χ1) is 27.1. The molecule has 9 rings (SSSR count). The van der Waals surface area contributed by atoms with Crippen molar-refractivity contribution in [3.63, 3.8) is 0 Å². The molecule has 0 aliphatic heterocycles. The number of nitrogens with zero attached hydrogens (tertiary/aromatic N) is 4. The molecular weight excluding hydrogens is 702 g/mol. The number of alkyl halides is 3. The Morgan fingerprint density at radius 1 is 0.446 bits per heavy atom. The summed E-state index contributed by atoms with van der Waals surface area (Å²) < 4.78 is 44.2. The molecule has 7 aromatic carbocycles. The largest absolute Gasteiger partial charge is 0.416 e. The maximum atomic E-state index is 14.0. The van der Waals surface area contributed by atoms with Crippen LogP contribution in [0.25, 0.3) is 83.9 Å². The highest BCUT2D eigenvalue weighted by Crippen LogP contribution is 2.41. The summed E-state index contributed by atoms with van der Waals surface area (Å²) in [6, 6.07) is 49.9. The van der Waals surface area contributed by atoms with Crippen molar-refractivity contribution >= 4 is 21.8 Å². The van der Waals surface area contributed by atoms with E-state index in [9.17, 15) is 13.2 Å². The van der Waals surface area contributed by atoms with Crippen LogP contribution in [-0.4, -0.2) is 19.5 Å². The zero-order chi connectivity index (χ0) is 38.6. The molecule has 0 atom stereocenters. The minimum absolute atomic E-state index is 0.440. The zero-order valence-corrected chi connectivity index (χ0v) is 30.9. The number of hydrogen-bond acceptors (Lipinski definition) is 3. The molecule has 0 spiro atoms. The first-order valence-corrected chi connectivity index (χ1v) is 18.4. The van der Waals surface area contributed by atoms with Crippen molar-refractivity contribution in [3.8, 4) is 62.1 Å². The Kier molecular flexibility index (Phi) is 8.58. The molecule has 7 heteroatoms. The Bertz CT molecular complexity index is 2850. The van der Waals surface area contributed by atoms with Crippen LogP contribution in [0.2, 0.25) is 0 Å². The van der Waals surface area contributed by atoms with Gasteiger partial charge in [0.15, 0.2) is 17.5 Å². The Balaban J connectivity index is 1.37. The van der Waals surface area contributed by atoms with Gasteiger partial charge in [0.2, 0.25) is 0 Å². The molecule has 0 bridgehead atoms. The lowest BCUT2D eigenvalue weighted by molar-refractivity contribution is -0.137. The van der Waals surface area contributed by atoms with Crippen LogP contribution in [0.3, 0.4) is 0 Å². The van der Waals surface area contributed by atoms with Crippen LogP contribution in [0, 0.1) is 20.8 Å². The molecule has 56 heavy (non-hydrogen) atoms. The molecule has 0 fully saturated rings. The highest BCUT2D eigenvalue weighted by molar-refractivity contribution is 6.11. The molecule has 2 aromatic heterocycles. The maximum Gasteiger partial charge on any atom is 0.416 e. The molecule has 0 unspecified atom stereocenters. The number of para-hydroxylation sites is 1. The second kappa shape index (κ2) is 13.8. The number of halogens is 3. The molecule has 0 radical (unpaired) electrons. The van der Waals surface area contributed by atoms with Gasteiger partial charge in [-0.25, -0.2) is 15.0 Å². The summed E-state index contributed by atoms with van der Waals surface area (Å²) in [5, 5.41) is 2.10. The molecule has 0 saturated heterocycles. The summed E-state index contributed by atoms with van der Waals surface area (Å²) in [6.45, 7) is 6.39.